The van der Waals surface area contributed by atoms with Crippen LogP contribution < -0.4 is 10.5 Å². The van der Waals surface area contributed by atoms with Gasteiger partial charge < -0.3 is 10.5 Å². The molecule has 0 spiro atoms. The number of benzene rings is 2. The molecule has 0 saturated carbocycles. The van der Waals surface area contributed by atoms with E-state index >= 15 is 0 Å². The number of rotatable bonds is 5. The molecule has 0 unspecified atom stereocenters. The molecule has 2 aromatic rings. The van der Waals surface area contributed by atoms with E-state index in [2.05, 4.69) is 0 Å². The maximum absolute atomic E-state index is 10.7. The Labute approximate surface area is 122 Å². The Bertz CT molecular complexity index is 621. The Balaban J connectivity index is 2.01. The lowest BCUT2D eigenvalue weighted by Gasteiger charge is -2.07. The molecule has 0 heterocycles. The molecule has 0 aliphatic heterocycles. The van der Waals surface area contributed by atoms with Crippen molar-refractivity contribution in [3.63, 3.8) is 0 Å². The van der Waals surface area contributed by atoms with Gasteiger partial charge in [-0.3, -0.25) is 4.79 Å². The Morgan fingerprint density at radius 1 is 1.20 bits per heavy atom. The highest BCUT2D eigenvalue weighted by Crippen LogP contribution is 2.17. The zero-order valence-electron chi connectivity index (χ0n) is 10.8. The standard InChI is InChI=1S/C16H14ClNO2/c17-14-7-4-13(5-8-14)11-20-15-3-1-2-12(10-15)6-9-16(18)19/h1-10H,11H2,(H2,18,19). The molecule has 0 atom stereocenters. The lowest BCUT2D eigenvalue weighted by Crippen LogP contribution is -2.05. The van der Waals surface area contributed by atoms with Crippen LogP contribution >= 0.6 is 11.6 Å². The van der Waals surface area contributed by atoms with Gasteiger partial charge in [0.15, 0.2) is 0 Å². The van der Waals surface area contributed by atoms with Crippen LogP contribution in [0.4, 0.5) is 0 Å². The zero-order valence-corrected chi connectivity index (χ0v) is 11.5. The van der Waals surface area contributed by atoms with Crippen LogP contribution in [0.3, 0.4) is 0 Å². The van der Waals surface area contributed by atoms with Gasteiger partial charge >= 0.3 is 0 Å². The molecule has 102 valence electrons. The number of nitrogens with two attached hydrogens (primary N) is 1. The molecule has 0 radical (unpaired) electrons. The molecule has 2 aromatic carbocycles. The van der Waals surface area contributed by atoms with E-state index in [1.54, 1.807) is 6.08 Å². The van der Waals surface area contributed by atoms with Crippen LogP contribution in [0.25, 0.3) is 6.08 Å². The second-order valence-corrected chi connectivity index (χ2v) is 4.66. The number of halogens is 1. The average Bonchev–Trinajstić information content (AvgIpc) is 2.45. The first-order valence-electron chi connectivity index (χ1n) is 6.08. The summed E-state index contributed by atoms with van der Waals surface area (Å²) in [4.78, 5) is 10.7. The SMILES string of the molecule is NC(=O)C=Cc1cccc(OCc2ccc(Cl)cc2)c1. The first kappa shape index (κ1) is 14.2. The van der Waals surface area contributed by atoms with Crippen molar-refractivity contribution in [3.8, 4) is 5.75 Å². The second kappa shape index (κ2) is 6.78. The highest BCUT2D eigenvalue weighted by Gasteiger charge is 1.97. The van der Waals surface area contributed by atoms with Gasteiger partial charge in [-0.1, -0.05) is 35.9 Å². The van der Waals surface area contributed by atoms with Gasteiger partial charge in [-0.25, -0.2) is 0 Å². The van der Waals surface area contributed by atoms with E-state index in [9.17, 15) is 4.79 Å². The minimum atomic E-state index is -0.475. The average molecular weight is 288 g/mol. The van der Waals surface area contributed by atoms with Crippen molar-refractivity contribution in [3.05, 3.63) is 70.8 Å². The summed E-state index contributed by atoms with van der Waals surface area (Å²) >= 11 is 5.82. The van der Waals surface area contributed by atoms with Crippen molar-refractivity contribution in [2.45, 2.75) is 6.61 Å². The predicted molar refractivity (Wildman–Crippen MR) is 80.5 cm³/mol. The summed E-state index contributed by atoms with van der Waals surface area (Å²) in [6, 6.07) is 14.9. The van der Waals surface area contributed by atoms with E-state index in [0.717, 1.165) is 16.9 Å². The van der Waals surface area contributed by atoms with Crippen molar-refractivity contribution in [2.24, 2.45) is 5.73 Å². The number of carbonyl (C=O) groups excluding carboxylic acids is 1. The number of hydrogen-bond donors (Lipinski definition) is 1. The second-order valence-electron chi connectivity index (χ2n) is 4.22. The van der Waals surface area contributed by atoms with Crippen LogP contribution in [0, 0.1) is 0 Å². The molecule has 0 fully saturated rings. The molecule has 2 N–H and O–H groups in total. The van der Waals surface area contributed by atoms with Gasteiger partial charge in [-0.2, -0.15) is 0 Å². The van der Waals surface area contributed by atoms with Crippen LogP contribution in [-0.2, 0) is 11.4 Å². The lowest BCUT2D eigenvalue weighted by molar-refractivity contribution is -0.113. The summed E-state index contributed by atoms with van der Waals surface area (Å²) in [7, 11) is 0. The molecular weight excluding hydrogens is 274 g/mol. The maximum atomic E-state index is 10.7. The van der Waals surface area contributed by atoms with Gasteiger partial charge in [-0.05, 0) is 41.5 Å². The van der Waals surface area contributed by atoms with E-state index < -0.39 is 5.91 Å². The molecule has 0 bridgehead atoms. The summed E-state index contributed by atoms with van der Waals surface area (Å²) in [5, 5.41) is 0.701. The summed E-state index contributed by atoms with van der Waals surface area (Å²) < 4.78 is 5.69. The number of hydrogen-bond acceptors (Lipinski definition) is 2. The Kier molecular flexibility index (Phi) is 4.80. The molecule has 0 aromatic heterocycles. The monoisotopic (exact) mass is 287 g/mol. The molecule has 3 nitrogen and oxygen atoms in total. The van der Waals surface area contributed by atoms with Crippen molar-refractivity contribution in [1.82, 2.24) is 0 Å². The fraction of sp³-hybridized carbons (Fsp3) is 0.0625. The van der Waals surface area contributed by atoms with Crippen molar-refractivity contribution in [1.29, 1.82) is 0 Å². The quantitative estimate of drug-likeness (QED) is 0.857. The minimum Gasteiger partial charge on any atom is -0.489 e. The van der Waals surface area contributed by atoms with E-state index in [4.69, 9.17) is 22.1 Å². The van der Waals surface area contributed by atoms with Crippen LogP contribution in [0.1, 0.15) is 11.1 Å². The maximum Gasteiger partial charge on any atom is 0.241 e. The van der Waals surface area contributed by atoms with Crippen molar-refractivity contribution < 1.29 is 9.53 Å². The zero-order chi connectivity index (χ0) is 14.4. The highest BCUT2D eigenvalue weighted by molar-refractivity contribution is 6.30. The number of ether oxygens (including phenoxy) is 1. The lowest BCUT2D eigenvalue weighted by atomic mass is 10.2. The van der Waals surface area contributed by atoms with Gasteiger partial charge in [-0.15, -0.1) is 0 Å². The third kappa shape index (κ3) is 4.44. The van der Waals surface area contributed by atoms with E-state index in [-0.39, 0.29) is 0 Å². The van der Waals surface area contributed by atoms with E-state index in [1.165, 1.54) is 6.08 Å². The van der Waals surface area contributed by atoms with Crippen molar-refractivity contribution in [2.75, 3.05) is 0 Å². The number of carbonyl (C=O) groups is 1. The Hall–Kier alpha value is -2.26. The summed E-state index contributed by atoms with van der Waals surface area (Å²) in [6.45, 7) is 0.458. The Morgan fingerprint density at radius 3 is 2.65 bits per heavy atom. The summed E-state index contributed by atoms with van der Waals surface area (Å²) in [6.07, 6.45) is 2.97. The molecule has 0 aliphatic carbocycles. The van der Waals surface area contributed by atoms with Crippen LogP contribution in [0.5, 0.6) is 5.75 Å². The van der Waals surface area contributed by atoms with E-state index in [0.29, 0.717) is 11.6 Å². The third-order valence-electron chi connectivity index (χ3n) is 2.62. The largest absolute Gasteiger partial charge is 0.489 e. The first-order chi connectivity index (χ1) is 9.63. The molecule has 4 heteroatoms. The molecule has 0 aliphatic rings. The molecule has 2 rings (SSSR count). The highest BCUT2D eigenvalue weighted by atomic mass is 35.5. The molecule has 1 amide bonds. The fourth-order valence-electron chi connectivity index (χ4n) is 1.63. The number of amides is 1. The topological polar surface area (TPSA) is 52.3 Å². The molecular formula is C16H14ClNO2. The minimum absolute atomic E-state index is 0.458. The molecule has 20 heavy (non-hydrogen) atoms. The summed E-state index contributed by atoms with van der Waals surface area (Å²) in [5.74, 6) is 0.254. The molecule has 0 saturated heterocycles. The summed E-state index contributed by atoms with van der Waals surface area (Å²) in [5.41, 5.74) is 6.95. The smallest absolute Gasteiger partial charge is 0.241 e. The van der Waals surface area contributed by atoms with Gasteiger partial charge in [0.1, 0.15) is 12.4 Å². The predicted octanol–water partition coefficient (Wildman–Crippen LogP) is 3.42. The normalized spacial score (nSPS) is 10.7. The van der Waals surface area contributed by atoms with Gasteiger partial charge in [0, 0.05) is 11.1 Å². The van der Waals surface area contributed by atoms with E-state index in [1.807, 2.05) is 48.5 Å². The third-order valence-corrected chi connectivity index (χ3v) is 2.87. The van der Waals surface area contributed by atoms with Crippen LogP contribution in [0.2, 0.25) is 5.02 Å². The van der Waals surface area contributed by atoms with Gasteiger partial charge in [0.25, 0.3) is 0 Å². The van der Waals surface area contributed by atoms with Crippen molar-refractivity contribution >= 4 is 23.6 Å². The fourth-order valence-corrected chi connectivity index (χ4v) is 1.76. The van der Waals surface area contributed by atoms with Crippen LogP contribution in [0.15, 0.2) is 54.6 Å². The first-order valence-corrected chi connectivity index (χ1v) is 6.46. The number of primary amides is 1. The van der Waals surface area contributed by atoms with Gasteiger partial charge in [0.05, 0.1) is 0 Å². The van der Waals surface area contributed by atoms with Gasteiger partial charge in [0.2, 0.25) is 5.91 Å². The Morgan fingerprint density at radius 2 is 1.95 bits per heavy atom. The van der Waals surface area contributed by atoms with Crippen LogP contribution in [-0.4, -0.2) is 5.91 Å².